The van der Waals surface area contributed by atoms with Crippen LogP contribution in [-0.2, 0) is 4.79 Å². The predicted molar refractivity (Wildman–Crippen MR) is 82.7 cm³/mol. The van der Waals surface area contributed by atoms with Gasteiger partial charge in [-0.1, -0.05) is 26.7 Å². The average molecular weight is 281 g/mol. The van der Waals surface area contributed by atoms with Gasteiger partial charge in [-0.25, -0.2) is 0 Å². The zero-order chi connectivity index (χ0) is 14.4. The van der Waals surface area contributed by atoms with Crippen LogP contribution in [-0.4, -0.2) is 49.1 Å². The van der Waals surface area contributed by atoms with E-state index in [1.165, 1.54) is 38.5 Å². The van der Waals surface area contributed by atoms with Crippen LogP contribution in [0.25, 0.3) is 0 Å². The summed E-state index contributed by atoms with van der Waals surface area (Å²) in [6.45, 7) is 8.20. The third-order valence-electron chi connectivity index (χ3n) is 4.51. The highest BCUT2D eigenvalue weighted by atomic mass is 16.2. The lowest BCUT2D eigenvalue weighted by atomic mass is 9.97. The molecule has 0 radical (unpaired) electrons. The molecule has 2 fully saturated rings. The van der Waals surface area contributed by atoms with Crippen LogP contribution in [0.3, 0.4) is 0 Å². The van der Waals surface area contributed by atoms with Crippen molar-refractivity contribution in [3.8, 4) is 0 Å². The zero-order valence-electron chi connectivity index (χ0n) is 13.2. The predicted octanol–water partition coefficient (Wildman–Crippen LogP) is 1.76. The number of likely N-dealkylation sites (tertiary alicyclic amines) is 1. The van der Waals surface area contributed by atoms with Crippen molar-refractivity contribution < 1.29 is 4.79 Å². The summed E-state index contributed by atoms with van der Waals surface area (Å²) in [5.74, 6) is 0.930. The number of rotatable bonds is 6. The van der Waals surface area contributed by atoms with Crippen LogP contribution < -0.4 is 10.6 Å². The number of piperidine rings is 1. The molecule has 1 unspecified atom stereocenters. The Balaban J connectivity index is 1.67. The molecule has 1 saturated heterocycles. The molecule has 0 bridgehead atoms. The number of hydrogen-bond donors (Lipinski definition) is 2. The van der Waals surface area contributed by atoms with Crippen molar-refractivity contribution in [2.45, 2.75) is 64.5 Å². The Morgan fingerprint density at radius 1 is 1.20 bits per heavy atom. The highest BCUT2D eigenvalue weighted by molar-refractivity contribution is 5.78. The molecular formula is C16H31N3O. The maximum Gasteiger partial charge on any atom is 0.234 e. The third-order valence-corrected chi connectivity index (χ3v) is 4.51. The average Bonchev–Trinajstić information content (AvgIpc) is 2.89. The minimum atomic E-state index is 0.231. The zero-order valence-corrected chi connectivity index (χ0v) is 13.2. The summed E-state index contributed by atoms with van der Waals surface area (Å²) in [6.07, 6.45) is 7.41. The Labute approximate surface area is 123 Å². The lowest BCUT2D eigenvalue weighted by molar-refractivity contribution is -0.123. The fourth-order valence-corrected chi connectivity index (χ4v) is 3.41. The van der Waals surface area contributed by atoms with Gasteiger partial charge in [-0.15, -0.1) is 0 Å². The molecule has 2 rings (SSSR count). The Hall–Kier alpha value is -0.610. The number of nitrogens with zero attached hydrogens (tertiary/aromatic N) is 1. The van der Waals surface area contributed by atoms with Gasteiger partial charge in [0.15, 0.2) is 0 Å². The van der Waals surface area contributed by atoms with Crippen LogP contribution in [0.2, 0.25) is 0 Å². The van der Waals surface area contributed by atoms with Gasteiger partial charge in [0.25, 0.3) is 0 Å². The quantitative estimate of drug-likeness (QED) is 0.780. The normalized spacial score (nSPS) is 25.2. The molecule has 1 atom stereocenters. The first-order chi connectivity index (χ1) is 9.63. The number of amides is 1. The fourth-order valence-electron chi connectivity index (χ4n) is 3.41. The molecular weight excluding hydrogens is 250 g/mol. The van der Waals surface area contributed by atoms with E-state index in [0.29, 0.717) is 24.5 Å². The summed E-state index contributed by atoms with van der Waals surface area (Å²) >= 11 is 0. The largest absolute Gasteiger partial charge is 0.352 e. The smallest absolute Gasteiger partial charge is 0.234 e. The lowest BCUT2D eigenvalue weighted by Crippen LogP contribution is -2.46. The van der Waals surface area contributed by atoms with Crippen molar-refractivity contribution in [2.75, 3.05) is 26.2 Å². The van der Waals surface area contributed by atoms with E-state index in [9.17, 15) is 4.79 Å². The molecule has 0 spiro atoms. The fraction of sp³-hybridized carbons (Fsp3) is 0.938. The molecule has 0 aromatic carbocycles. The molecule has 0 aromatic heterocycles. The van der Waals surface area contributed by atoms with Crippen LogP contribution in [0.15, 0.2) is 0 Å². The first-order valence-corrected chi connectivity index (χ1v) is 8.38. The number of carbonyl (C=O) groups excluding carboxylic acids is 1. The monoisotopic (exact) mass is 281 g/mol. The van der Waals surface area contributed by atoms with Crippen molar-refractivity contribution in [1.82, 2.24) is 15.5 Å². The number of carbonyl (C=O) groups is 1. The second-order valence-corrected chi connectivity index (χ2v) is 6.86. The first kappa shape index (κ1) is 15.8. The van der Waals surface area contributed by atoms with Gasteiger partial charge in [0.1, 0.15) is 0 Å². The van der Waals surface area contributed by atoms with E-state index in [4.69, 9.17) is 0 Å². The second kappa shape index (κ2) is 7.99. The van der Waals surface area contributed by atoms with Gasteiger partial charge in [-0.2, -0.15) is 0 Å². The number of nitrogens with one attached hydrogen (secondary N) is 2. The molecule has 2 aliphatic rings. The summed E-state index contributed by atoms with van der Waals surface area (Å²) in [5.41, 5.74) is 0. The first-order valence-electron chi connectivity index (χ1n) is 8.38. The highest BCUT2D eigenvalue weighted by Crippen LogP contribution is 2.18. The van der Waals surface area contributed by atoms with Gasteiger partial charge >= 0.3 is 0 Å². The number of hydrogen-bond acceptors (Lipinski definition) is 3. The van der Waals surface area contributed by atoms with Crippen molar-refractivity contribution in [2.24, 2.45) is 5.92 Å². The SMILES string of the molecule is CC(C)NCC1CCCN(CC(=O)NC2CCCC2)C1. The van der Waals surface area contributed by atoms with Gasteiger partial charge in [0.05, 0.1) is 6.54 Å². The van der Waals surface area contributed by atoms with Crippen molar-refractivity contribution in [3.63, 3.8) is 0 Å². The molecule has 116 valence electrons. The molecule has 0 aromatic rings. The summed E-state index contributed by atoms with van der Waals surface area (Å²) < 4.78 is 0. The van der Waals surface area contributed by atoms with E-state index in [1.807, 2.05) is 0 Å². The van der Waals surface area contributed by atoms with Crippen molar-refractivity contribution in [1.29, 1.82) is 0 Å². The molecule has 4 heteroatoms. The Kier molecular flexibility index (Phi) is 6.30. The lowest BCUT2D eigenvalue weighted by Gasteiger charge is -2.33. The van der Waals surface area contributed by atoms with Gasteiger partial charge in [-0.3, -0.25) is 9.69 Å². The van der Waals surface area contributed by atoms with Gasteiger partial charge in [-0.05, 0) is 44.7 Å². The van der Waals surface area contributed by atoms with Crippen molar-refractivity contribution >= 4 is 5.91 Å². The standard InChI is InChI=1S/C16H31N3O/c1-13(2)17-10-14-6-5-9-19(11-14)12-16(20)18-15-7-3-4-8-15/h13-15,17H,3-12H2,1-2H3,(H,18,20). The van der Waals surface area contributed by atoms with Gasteiger partial charge in [0, 0.05) is 18.6 Å². The summed E-state index contributed by atoms with van der Waals surface area (Å²) in [7, 11) is 0. The van der Waals surface area contributed by atoms with Gasteiger partial charge in [0.2, 0.25) is 5.91 Å². The van der Waals surface area contributed by atoms with E-state index >= 15 is 0 Å². The van der Waals surface area contributed by atoms with Crippen LogP contribution in [0.1, 0.15) is 52.4 Å². The molecule has 1 heterocycles. The van der Waals surface area contributed by atoms with E-state index in [-0.39, 0.29) is 5.91 Å². The van der Waals surface area contributed by atoms with Crippen LogP contribution in [0.4, 0.5) is 0 Å². The molecule has 1 aliphatic carbocycles. The van der Waals surface area contributed by atoms with Crippen LogP contribution in [0, 0.1) is 5.92 Å². The third kappa shape index (κ3) is 5.41. The van der Waals surface area contributed by atoms with E-state index < -0.39 is 0 Å². The minimum Gasteiger partial charge on any atom is -0.352 e. The Morgan fingerprint density at radius 2 is 1.95 bits per heavy atom. The van der Waals surface area contributed by atoms with Gasteiger partial charge < -0.3 is 10.6 Å². The highest BCUT2D eigenvalue weighted by Gasteiger charge is 2.23. The van der Waals surface area contributed by atoms with Crippen molar-refractivity contribution in [3.05, 3.63) is 0 Å². The minimum absolute atomic E-state index is 0.231. The Bertz CT molecular complexity index is 300. The van der Waals surface area contributed by atoms with Crippen LogP contribution >= 0.6 is 0 Å². The second-order valence-electron chi connectivity index (χ2n) is 6.86. The topological polar surface area (TPSA) is 44.4 Å². The molecule has 1 amide bonds. The summed E-state index contributed by atoms with van der Waals surface area (Å²) in [6, 6.07) is 1.00. The molecule has 2 N–H and O–H groups in total. The summed E-state index contributed by atoms with van der Waals surface area (Å²) in [4.78, 5) is 14.4. The van der Waals surface area contributed by atoms with Crippen LogP contribution in [0.5, 0.6) is 0 Å². The summed E-state index contributed by atoms with van der Waals surface area (Å²) in [5, 5.41) is 6.72. The van der Waals surface area contributed by atoms with E-state index in [2.05, 4.69) is 29.4 Å². The maximum atomic E-state index is 12.1. The maximum absolute atomic E-state index is 12.1. The molecule has 4 nitrogen and oxygen atoms in total. The van der Waals surface area contributed by atoms with E-state index in [0.717, 1.165) is 19.6 Å². The molecule has 1 saturated carbocycles. The Morgan fingerprint density at radius 3 is 2.65 bits per heavy atom. The molecule has 20 heavy (non-hydrogen) atoms. The molecule has 1 aliphatic heterocycles. The van der Waals surface area contributed by atoms with E-state index in [1.54, 1.807) is 0 Å².